The van der Waals surface area contributed by atoms with E-state index in [4.69, 9.17) is 0 Å². The van der Waals surface area contributed by atoms with Crippen molar-refractivity contribution < 1.29 is 4.79 Å². The van der Waals surface area contributed by atoms with Gasteiger partial charge in [-0.3, -0.25) is 4.79 Å². The Kier molecular flexibility index (Phi) is 3.31. The van der Waals surface area contributed by atoms with Gasteiger partial charge in [0.1, 0.15) is 5.69 Å². The summed E-state index contributed by atoms with van der Waals surface area (Å²) in [6.07, 6.45) is 5.26. The summed E-state index contributed by atoms with van der Waals surface area (Å²) >= 11 is 1.69. The van der Waals surface area contributed by atoms with E-state index in [1.165, 1.54) is 17.8 Å². The number of amides is 1. The van der Waals surface area contributed by atoms with E-state index in [9.17, 15) is 4.79 Å². The van der Waals surface area contributed by atoms with Crippen molar-refractivity contribution >= 4 is 32.3 Å². The molecule has 22 heavy (non-hydrogen) atoms. The minimum atomic E-state index is -0.0566. The van der Waals surface area contributed by atoms with Crippen LogP contribution >= 0.6 is 11.3 Å². The molecule has 0 radical (unpaired) electrons. The number of anilines is 1. The van der Waals surface area contributed by atoms with E-state index in [0.29, 0.717) is 17.8 Å². The molecule has 2 saturated heterocycles. The van der Waals surface area contributed by atoms with Crippen LogP contribution in [0.5, 0.6) is 0 Å². The van der Waals surface area contributed by atoms with Gasteiger partial charge in [-0.2, -0.15) is 0 Å². The first-order valence-electron chi connectivity index (χ1n) is 7.74. The number of carbonyl (C=O) groups is 1. The Morgan fingerprint density at radius 2 is 2.27 bits per heavy atom. The highest BCUT2D eigenvalue weighted by atomic mass is 32.1. The van der Waals surface area contributed by atoms with Gasteiger partial charge in [0.25, 0.3) is 5.91 Å². The zero-order valence-corrected chi connectivity index (χ0v) is 13.6. The zero-order chi connectivity index (χ0) is 15.3. The molecule has 2 aromatic rings. The lowest BCUT2D eigenvalue weighted by Gasteiger charge is -2.21. The highest BCUT2D eigenvalue weighted by Crippen LogP contribution is 2.31. The molecule has 2 aromatic heterocycles. The summed E-state index contributed by atoms with van der Waals surface area (Å²) in [5, 5.41) is 8.95. The van der Waals surface area contributed by atoms with Gasteiger partial charge >= 0.3 is 0 Å². The monoisotopic (exact) mass is 316 g/mol. The van der Waals surface area contributed by atoms with Crippen molar-refractivity contribution in [2.24, 2.45) is 0 Å². The minimum Gasteiger partial charge on any atom is -0.370 e. The Bertz CT molecular complexity index is 726. The number of rotatable bonds is 3. The fourth-order valence-electron chi connectivity index (χ4n) is 3.50. The topological polar surface area (TPSA) is 57.3 Å². The Hall–Kier alpha value is -1.66. The summed E-state index contributed by atoms with van der Waals surface area (Å²) in [6, 6.07) is 5.29. The molecule has 0 aromatic carbocycles. The molecule has 3 atom stereocenters. The van der Waals surface area contributed by atoms with E-state index < -0.39 is 0 Å². The number of nitrogens with zero attached hydrogens (tertiary/aromatic N) is 2. The second-order valence-corrected chi connectivity index (χ2v) is 7.51. The largest absolute Gasteiger partial charge is 0.370 e. The zero-order valence-electron chi connectivity index (χ0n) is 12.8. The van der Waals surface area contributed by atoms with Gasteiger partial charge in [0.05, 0.1) is 9.70 Å². The second-order valence-electron chi connectivity index (χ2n) is 6.45. The van der Waals surface area contributed by atoms with Gasteiger partial charge in [0, 0.05) is 38.4 Å². The van der Waals surface area contributed by atoms with E-state index in [1.807, 2.05) is 20.2 Å². The molecule has 0 aliphatic carbocycles. The summed E-state index contributed by atoms with van der Waals surface area (Å²) in [7, 11) is 4.04. The summed E-state index contributed by atoms with van der Waals surface area (Å²) < 4.78 is 1.11. The molecule has 0 saturated carbocycles. The molecule has 0 unspecified atom stereocenters. The standard InChI is InChI=1S/C16H20N4OS/c1-20(2)15-6-9-5-13(17-8-14(9)22-15)16(21)19-12-7-10-3-4-11(12)18-10/h5-6,8,10-12,18H,3-4,7H2,1-2H3,(H,19,21)/t10-,11+,12-/m1/s1. The van der Waals surface area contributed by atoms with Crippen molar-refractivity contribution in [3.05, 3.63) is 24.0 Å². The Balaban J connectivity index is 1.54. The van der Waals surface area contributed by atoms with Gasteiger partial charge < -0.3 is 15.5 Å². The molecule has 2 bridgehead atoms. The Labute approximate surface area is 133 Å². The number of pyridine rings is 1. The van der Waals surface area contributed by atoms with Gasteiger partial charge in [-0.25, -0.2) is 4.98 Å². The van der Waals surface area contributed by atoms with Crippen molar-refractivity contribution in [2.75, 3.05) is 19.0 Å². The van der Waals surface area contributed by atoms with Crippen molar-refractivity contribution in [2.45, 2.75) is 37.4 Å². The number of hydrogen-bond acceptors (Lipinski definition) is 5. The van der Waals surface area contributed by atoms with Crippen LogP contribution in [-0.2, 0) is 0 Å². The summed E-state index contributed by atoms with van der Waals surface area (Å²) in [5.74, 6) is -0.0566. The maximum atomic E-state index is 12.5. The molecule has 1 amide bonds. The molecule has 2 aliphatic heterocycles. The molecule has 116 valence electrons. The highest BCUT2D eigenvalue weighted by molar-refractivity contribution is 7.22. The third-order valence-electron chi connectivity index (χ3n) is 4.68. The third kappa shape index (κ3) is 2.36. The number of fused-ring (bicyclic) bond motifs is 3. The van der Waals surface area contributed by atoms with Crippen molar-refractivity contribution in [3.8, 4) is 0 Å². The van der Waals surface area contributed by atoms with Crippen LogP contribution in [0.25, 0.3) is 10.1 Å². The van der Waals surface area contributed by atoms with Crippen LogP contribution in [0.1, 0.15) is 29.8 Å². The van der Waals surface area contributed by atoms with Gasteiger partial charge in [-0.05, 0) is 36.8 Å². The Morgan fingerprint density at radius 1 is 1.41 bits per heavy atom. The predicted octanol–water partition coefficient (Wildman–Crippen LogP) is 1.98. The van der Waals surface area contributed by atoms with Crippen molar-refractivity contribution in [3.63, 3.8) is 0 Å². The first-order chi connectivity index (χ1) is 10.6. The fourth-order valence-corrected chi connectivity index (χ4v) is 4.44. The number of aromatic nitrogens is 1. The molecule has 6 heteroatoms. The van der Waals surface area contributed by atoms with Crippen LogP contribution in [-0.4, -0.2) is 43.1 Å². The maximum absolute atomic E-state index is 12.5. The van der Waals surface area contributed by atoms with Gasteiger partial charge in [-0.1, -0.05) is 0 Å². The average Bonchev–Trinajstić information content (AvgIpc) is 3.20. The van der Waals surface area contributed by atoms with E-state index in [1.54, 1.807) is 17.5 Å². The van der Waals surface area contributed by atoms with Gasteiger partial charge in [0.2, 0.25) is 0 Å². The third-order valence-corrected chi connectivity index (χ3v) is 5.93. The van der Waals surface area contributed by atoms with Crippen LogP contribution in [0.3, 0.4) is 0 Å². The molecular formula is C16H20N4OS. The second kappa shape index (κ2) is 5.21. The maximum Gasteiger partial charge on any atom is 0.270 e. The van der Waals surface area contributed by atoms with Crippen LogP contribution in [0.2, 0.25) is 0 Å². The highest BCUT2D eigenvalue weighted by Gasteiger charge is 2.39. The molecule has 0 spiro atoms. The SMILES string of the molecule is CN(C)c1cc2cc(C(=O)N[C@@H]3C[C@H]4CC[C@@H]3N4)ncc2s1. The first-order valence-corrected chi connectivity index (χ1v) is 8.55. The van der Waals surface area contributed by atoms with Gasteiger partial charge in [-0.15, -0.1) is 11.3 Å². The fraction of sp³-hybridized carbons (Fsp3) is 0.500. The van der Waals surface area contributed by atoms with Gasteiger partial charge in [0.15, 0.2) is 0 Å². The number of thiophene rings is 1. The van der Waals surface area contributed by atoms with Crippen LogP contribution in [0.15, 0.2) is 18.3 Å². The lowest BCUT2D eigenvalue weighted by Crippen LogP contribution is -2.43. The molecule has 2 N–H and O–H groups in total. The smallest absolute Gasteiger partial charge is 0.270 e. The van der Waals surface area contributed by atoms with E-state index in [2.05, 4.69) is 26.6 Å². The van der Waals surface area contributed by atoms with E-state index in [0.717, 1.165) is 16.5 Å². The molecule has 4 rings (SSSR count). The van der Waals surface area contributed by atoms with Crippen molar-refractivity contribution in [1.29, 1.82) is 0 Å². The number of carbonyl (C=O) groups excluding carboxylic acids is 1. The van der Waals surface area contributed by atoms with Crippen LogP contribution < -0.4 is 15.5 Å². The number of nitrogens with one attached hydrogen (secondary N) is 2. The van der Waals surface area contributed by atoms with E-state index >= 15 is 0 Å². The molecule has 5 nitrogen and oxygen atoms in total. The molecular weight excluding hydrogens is 296 g/mol. The molecule has 4 heterocycles. The van der Waals surface area contributed by atoms with Crippen molar-refractivity contribution in [1.82, 2.24) is 15.6 Å². The summed E-state index contributed by atoms with van der Waals surface area (Å²) in [5.41, 5.74) is 0.512. The average molecular weight is 316 g/mol. The molecule has 2 aliphatic rings. The van der Waals surface area contributed by atoms with Crippen LogP contribution in [0.4, 0.5) is 5.00 Å². The minimum absolute atomic E-state index is 0.0566. The summed E-state index contributed by atoms with van der Waals surface area (Å²) in [4.78, 5) is 18.9. The molecule has 2 fully saturated rings. The lowest BCUT2D eigenvalue weighted by molar-refractivity contribution is 0.0926. The lowest BCUT2D eigenvalue weighted by atomic mass is 9.95. The summed E-state index contributed by atoms with van der Waals surface area (Å²) in [6.45, 7) is 0. The van der Waals surface area contributed by atoms with E-state index in [-0.39, 0.29) is 11.9 Å². The predicted molar refractivity (Wildman–Crippen MR) is 89.8 cm³/mol. The Morgan fingerprint density at radius 3 is 2.95 bits per heavy atom. The van der Waals surface area contributed by atoms with Crippen LogP contribution in [0, 0.1) is 0 Å². The first kappa shape index (κ1) is 14.0. The normalized spacial score (nSPS) is 26.5. The quantitative estimate of drug-likeness (QED) is 0.909. The number of hydrogen-bond donors (Lipinski definition) is 2.